The van der Waals surface area contributed by atoms with E-state index in [-0.39, 0.29) is 4.90 Å². The summed E-state index contributed by atoms with van der Waals surface area (Å²) in [7, 11) is -3.59. The number of nitrogens with zero attached hydrogens (tertiary/aromatic N) is 3. The van der Waals surface area contributed by atoms with E-state index in [1.54, 1.807) is 13.8 Å². The minimum atomic E-state index is -3.59. The maximum Gasteiger partial charge on any atom is 0.248 e. The molecule has 0 amide bonds. The number of hydrogen-bond acceptors (Lipinski definition) is 6. The van der Waals surface area contributed by atoms with Crippen molar-refractivity contribution in [2.45, 2.75) is 36.3 Å². The van der Waals surface area contributed by atoms with Crippen LogP contribution in [0, 0.1) is 25.2 Å². The van der Waals surface area contributed by atoms with Gasteiger partial charge in [-0.2, -0.15) is 9.57 Å². The SMILES string of the molecule is CSC1(C#N)CCN(S(=O)(=O)c2c(C)noc2C)CC1. The number of hydrogen-bond donors (Lipinski definition) is 0. The van der Waals surface area contributed by atoms with Gasteiger partial charge in [-0.05, 0) is 32.9 Å². The summed E-state index contributed by atoms with van der Waals surface area (Å²) in [5.41, 5.74) is 0.379. The summed E-state index contributed by atoms with van der Waals surface area (Å²) >= 11 is 1.50. The molecule has 0 saturated carbocycles. The molecule has 0 spiro atoms. The Morgan fingerprint density at radius 2 is 2.00 bits per heavy atom. The Hall–Kier alpha value is -1.04. The first-order valence-corrected chi connectivity index (χ1v) is 8.92. The van der Waals surface area contributed by atoms with Gasteiger partial charge in [-0.3, -0.25) is 0 Å². The van der Waals surface area contributed by atoms with Crippen LogP contribution in [-0.4, -0.2) is 42.0 Å². The third-order valence-electron chi connectivity index (χ3n) is 3.69. The third-order valence-corrected chi connectivity index (χ3v) is 7.12. The number of sulfonamides is 1. The molecule has 110 valence electrons. The van der Waals surface area contributed by atoms with E-state index in [2.05, 4.69) is 11.2 Å². The Balaban J connectivity index is 2.25. The van der Waals surface area contributed by atoms with Gasteiger partial charge in [0.05, 0.1) is 6.07 Å². The van der Waals surface area contributed by atoms with E-state index in [1.807, 2.05) is 6.26 Å². The molecule has 0 aromatic carbocycles. The van der Waals surface area contributed by atoms with E-state index >= 15 is 0 Å². The summed E-state index contributed by atoms with van der Waals surface area (Å²) in [6.07, 6.45) is 2.96. The maximum atomic E-state index is 12.6. The van der Waals surface area contributed by atoms with Crippen LogP contribution in [0.3, 0.4) is 0 Å². The number of thioether (sulfide) groups is 1. The minimum Gasteiger partial charge on any atom is -0.360 e. The van der Waals surface area contributed by atoms with Gasteiger partial charge in [0.25, 0.3) is 0 Å². The summed E-state index contributed by atoms with van der Waals surface area (Å²) < 4.78 is 31.1. The largest absolute Gasteiger partial charge is 0.360 e. The van der Waals surface area contributed by atoms with Crippen molar-refractivity contribution in [3.8, 4) is 6.07 Å². The van der Waals surface area contributed by atoms with Crippen molar-refractivity contribution in [1.29, 1.82) is 5.26 Å². The average molecular weight is 315 g/mol. The molecule has 0 N–H and O–H groups in total. The summed E-state index contributed by atoms with van der Waals surface area (Å²) in [4.78, 5) is 0.158. The molecule has 2 heterocycles. The molecule has 1 aromatic rings. The third kappa shape index (κ3) is 2.45. The van der Waals surface area contributed by atoms with Crippen LogP contribution in [0.2, 0.25) is 0 Å². The second-order valence-electron chi connectivity index (χ2n) is 4.87. The highest BCUT2D eigenvalue weighted by Gasteiger charge is 2.40. The highest BCUT2D eigenvalue weighted by Crippen LogP contribution is 2.36. The fraction of sp³-hybridized carbons (Fsp3) is 0.667. The predicted octanol–water partition coefficient (Wildman–Crippen LogP) is 1.70. The van der Waals surface area contributed by atoms with E-state index in [9.17, 15) is 13.7 Å². The zero-order chi connectivity index (χ0) is 15.0. The first-order chi connectivity index (χ1) is 9.36. The van der Waals surface area contributed by atoms with Crippen LogP contribution in [0.1, 0.15) is 24.3 Å². The van der Waals surface area contributed by atoms with Crippen LogP contribution in [0.5, 0.6) is 0 Å². The molecule has 1 aliphatic heterocycles. The normalized spacial score (nSPS) is 19.7. The molecule has 20 heavy (non-hydrogen) atoms. The van der Waals surface area contributed by atoms with E-state index in [4.69, 9.17) is 4.52 Å². The highest BCUT2D eigenvalue weighted by molar-refractivity contribution is 8.00. The molecule has 1 aliphatic rings. The van der Waals surface area contributed by atoms with Gasteiger partial charge in [-0.25, -0.2) is 8.42 Å². The lowest BCUT2D eigenvalue weighted by atomic mass is 9.99. The topological polar surface area (TPSA) is 87.2 Å². The fourth-order valence-electron chi connectivity index (χ4n) is 2.42. The number of aromatic nitrogens is 1. The van der Waals surface area contributed by atoms with Gasteiger partial charge < -0.3 is 4.52 Å². The number of rotatable bonds is 3. The monoisotopic (exact) mass is 315 g/mol. The van der Waals surface area contributed by atoms with E-state index in [1.165, 1.54) is 16.1 Å². The summed E-state index contributed by atoms with van der Waals surface area (Å²) in [6.45, 7) is 3.91. The first-order valence-electron chi connectivity index (χ1n) is 6.26. The Morgan fingerprint density at radius 3 is 2.40 bits per heavy atom. The van der Waals surface area contributed by atoms with Crippen LogP contribution >= 0.6 is 11.8 Å². The highest BCUT2D eigenvalue weighted by atomic mass is 32.2. The summed E-state index contributed by atoms with van der Waals surface area (Å²) in [5.74, 6) is 0.310. The lowest BCUT2D eigenvalue weighted by Crippen LogP contribution is -2.44. The van der Waals surface area contributed by atoms with E-state index in [0.29, 0.717) is 37.4 Å². The lowest BCUT2D eigenvalue weighted by Gasteiger charge is -2.35. The van der Waals surface area contributed by atoms with Gasteiger partial charge in [-0.1, -0.05) is 5.16 Å². The van der Waals surface area contributed by atoms with Crippen molar-refractivity contribution in [3.63, 3.8) is 0 Å². The molecule has 1 aromatic heterocycles. The molecule has 0 radical (unpaired) electrons. The first kappa shape index (κ1) is 15.4. The van der Waals surface area contributed by atoms with Crippen LogP contribution < -0.4 is 0 Å². The van der Waals surface area contributed by atoms with Crippen molar-refractivity contribution in [2.75, 3.05) is 19.3 Å². The van der Waals surface area contributed by atoms with Crippen molar-refractivity contribution < 1.29 is 12.9 Å². The molecule has 0 unspecified atom stereocenters. The van der Waals surface area contributed by atoms with Crippen molar-refractivity contribution in [1.82, 2.24) is 9.46 Å². The van der Waals surface area contributed by atoms with Crippen LogP contribution in [0.25, 0.3) is 0 Å². The van der Waals surface area contributed by atoms with Crippen LogP contribution in [0.15, 0.2) is 9.42 Å². The molecular formula is C12H17N3O3S2. The van der Waals surface area contributed by atoms with E-state index in [0.717, 1.165) is 0 Å². The molecule has 8 heteroatoms. The number of piperidine rings is 1. The van der Waals surface area contributed by atoms with Gasteiger partial charge >= 0.3 is 0 Å². The van der Waals surface area contributed by atoms with Crippen molar-refractivity contribution in [3.05, 3.63) is 11.5 Å². The second-order valence-corrected chi connectivity index (χ2v) is 7.93. The van der Waals surface area contributed by atoms with Gasteiger partial charge in [0.2, 0.25) is 10.0 Å². The van der Waals surface area contributed by atoms with Gasteiger partial charge in [0.15, 0.2) is 5.76 Å². The quantitative estimate of drug-likeness (QED) is 0.843. The smallest absolute Gasteiger partial charge is 0.248 e. The van der Waals surface area contributed by atoms with Crippen molar-refractivity contribution in [2.24, 2.45) is 0 Å². The molecule has 0 aliphatic carbocycles. The minimum absolute atomic E-state index is 0.158. The Kier molecular flexibility index (Phi) is 4.14. The van der Waals surface area contributed by atoms with Crippen LogP contribution in [0.4, 0.5) is 0 Å². The second kappa shape index (κ2) is 5.39. The Bertz CT molecular complexity index is 618. The fourth-order valence-corrected chi connectivity index (χ4v) is 4.84. The molecule has 0 bridgehead atoms. The van der Waals surface area contributed by atoms with E-state index < -0.39 is 14.8 Å². The summed E-state index contributed by atoms with van der Waals surface area (Å²) in [6, 6.07) is 2.31. The standard InChI is InChI=1S/C12H17N3O3S2/c1-9-11(10(2)18-14-9)20(16,17)15-6-4-12(8-13,19-3)5-7-15/h4-7H2,1-3H3. The van der Waals surface area contributed by atoms with Gasteiger partial charge in [0, 0.05) is 13.1 Å². The van der Waals surface area contributed by atoms with Gasteiger partial charge in [0.1, 0.15) is 15.3 Å². The molecular weight excluding hydrogens is 298 g/mol. The molecule has 2 rings (SSSR count). The Labute approximate surface area is 123 Å². The van der Waals surface area contributed by atoms with Crippen LogP contribution in [-0.2, 0) is 10.0 Å². The Morgan fingerprint density at radius 1 is 1.40 bits per heavy atom. The molecule has 1 fully saturated rings. The average Bonchev–Trinajstić information content (AvgIpc) is 2.78. The summed E-state index contributed by atoms with van der Waals surface area (Å²) in [5, 5.41) is 12.9. The molecule has 1 saturated heterocycles. The molecule has 6 nitrogen and oxygen atoms in total. The number of aryl methyl sites for hydroxylation is 2. The number of nitriles is 1. The van der Waals surface area contributed by atoms with Gasteiger partial charge in [-0.15, -0.1) is 11.8 Å². The van der Waals surface area contributed by atoms with Crippen molar-refractivity contribution >= 4 is 21.8 Å². The molecule has 0 atom stereocenters. The zero-order valence-corrected chi connectivity index (χ0v) is 13.3. The lowest BCUT2D eigenvalue weighted by molar-refractivity contribution is 0.326. The zero-order valence-electron chi connectivity index (χ0n) is 11.7. The predicted molar refractivity (Wildman–Crippen MR) is 75.8 cm³/mol. The maximum absolute atomic E-state index is 12.6.